The first kappa shape index (κ1) is 19.6. The zero-order chi connectivity index (χ0) is 21.8. The molecule has 0 unspecified atom stereocenters. The average molecular weight is 432 g/mol. The van der Waals surface area contributed by atoms with E-state index < -0.39 is 17.8 Å². The van der Waals surface area contributed by atoms with E-state index in [1.165, 1.54) is 23.1 Å². The number of nitrogens with one attached hydrogen (secondary N) is 1. The van der Waals surface area contributed by atoms with Crippen LogP contribution in [0.3, 0.4) is 0 Å². The molecule has 0 saturated heterocycles. The highest BCUT2D eigenvalue weighted by molar-refractivity contribution is 5.90. The molecule has 162 valence electrons. The highest BCUT2D eigenvalue weighted by atomic mass is 19.4. The zero-order valence-corrected chi connectivity index (χ0v) is 16.6. The maximum atomic E-state index is 13.2. The van der Waals surface area contributed by atoms with Crippen molar-refractivity contribution in [2.45, 2.75) is 37.9 Å². The van der Waals surface area contributed by atoms with E-state index in [0.29, 0.717) is 36.3 Å². The third kappa shape index (κ3) is 3.64. The Morgan fingerprint density at radius 2 is 2.03 bits per heavy atom. The maximum absolute atomic E-state index is 13.2. The molecule has 2 aliphatic rings. The number of aryl methyl sites for hydroxylation is 1. The van der Waals surface area contributed by atoms with Crippen molar-refractivity contribution in [1.29, 1.82) is 0 Å². The van der Waals surface area contributed by atoms with E-state index in [1.54, 1.807) is 11.7 Å². The molecule has 2 amide bonds. The summed E-state index contributed by atoms with van der Waals surface area (Å²) in [6, 6.07) is 4.31. The fraction of sp³-hybridized carbons (Fsp3) is 0.400. The molecule has 0 radical (unpaired) electrons. The van der Waals surface area contributed by atoms with Gasteiger partial charge in [0.2, 0.25) is 0 Å². The van der Waals surface area contributed by atoms with E-state index >= 15 is 0 Å². The number of hydrogen-bond donors (Lipinski definition) is 1. The zero-order valence-electron chi connectivity index (χ0n) is 16.6. The number of alkyl halides is 3. The molecular weight excluding hydrogens is 413 g/mol. The third-order valence-corrected chi connectivity index (χ3v) is 5.59. The Morgan fingerprint density at radius 1 is 1.26 bits per heavy atom. The summed E-state index contributed by atoms with van der Waals surface area (Å²) < 4.78 is 46.9. The number of halogens is 3. The molecule has 0 atom stereocenters. The van der Waals surface area contributed by atoms with Crippen molar-refractivity contribution in [1.82, 2.24) is 24.8 Å². The molecule has 1 aromatic carbocycles. The van der Waals surface area contributed by atoms with Crippen molar-refractivity contribution in [3.8, 4) is 11.6 Å². The van der Waals surface area contributed by atoms with Crippen LogP contribution in [0.4, 0.5) is 23.7 Å². The summed E-state index contributed by atoms with van der Waals surface area (Å²) >= 11 is 0. The quantitative estimate of drug-likeness (QED) is 0.677. The van der Waals surface area contributed by atoms with Crippen molar-refractivity contribution in [3.05, 3.63) is 46.9 Å². The molecule has 1 fully saturated rings. The predicted octanol–water partition coefficient (Wildman–Crippen LogP) is 3.96. The van der Waals surface area contributed by atoms with E-state index in [9.17, 15) is 18.0 Å². The minimum absolute atomic E-state index is 0.180. The van der Waals surface area contributed by atoms with Gasteiger partial charge in [-0.25, -0.2) is 4.79 Å². The number of nitrogens with zero attached hydrogens (tertiary/aromatic N) is 5. The number of hydrogen-bond acceptors (Lipinski definition) is 5. The lowest BCUT2D eigenvalue weighted by molar-refractivity contribution is -0.136. The van der Waals surface area contributed by atoms with Crippen molar-refractivity contribution in [2.75, 3.05) is 11.9 Å². The summed E-state index contributed by atoms with van der Waals surface area (Å²) in [5, 5.41) is 10.9. The van der Waals surface area contributed by atoms with E-state index in [-0.39, 0.29) is 12.2 Å². The standard InChI is InChI=1S/C20H19F3N6O2/c1-28-15-8-9-29(19(30)24-14-5-3-2-4-13(14)20(21,22)23)10-12(15)16(26-28)18-25-17(27-31-18)11-6-7-11/h2-5,11H,6-10H2,1H3,(H,24,30). The number of urea groups is 1. The Kier molecular flexibility index (Phi) is 4.49. The van der Waals surface area contributed by atoms with Gasteiger partial charge in [0.25, 0.3) is 5.89 Å². The van der Waals surface area contributed by atoms with Gasteiger partial charge in [0.1, 0.15) is 0 Å². The first-order valence-corrected chi connectivity index (χ1v) is 9.92. The van der Waals surface area contributed by atoms with Crippen LogP contribution in [0.15, 0.2) is 28.8 Å². The van der Waals surface area contributed by atoms with Crippen LogP contribution in [-0.4, -0.2) is 37.4 Å². The van der Waals surface area contributed by atoms with E-state index in [2.05, 4.69) is 20.6 Å². The minimum atomic E-state index is -4.56. The summed E-state index contributed by atoms with van der Waals surface area (Å²) in [5.74, 6) is 1.28. The van der Waals surface area contributed by atoms with Crippen LogP contribution in [0, 0.1) is 0 Å². The molecule has 8 nitrogen and oxygen atoms in total. The Hall–Kier alpha value is -3.37. The summed E-state index contributed by atoms with van der Waals surface area (Å²) in [4.78, 5) is 18.7. The van der Waals surface area contributed by atoms with Crippen LogP contribution in [0.2, 0.25) is 0 Å². The number of fused-ring (bicyclic) bond motifs is 1. The topological polar surface area (TPSA) is 89.1 Å². The second-order valence-corrected chi connectivity index (χ2v) is 7.77. The van der Waals surface area contributed by atoms with Gasteiger partial charge >= 0.3 is 12.2 Å². The van der Waals surface area contributed by atoms with Gasteiger partial charge in [0.15, 0.2) is 11.5 Å². The number of aromatic nitrogens is 4. The molecule has 1 aliphatic carbocycles. The Labute approximate surface area is 175 Å². The lowest BCUT2D eigenvalue weighted by Gasteiger charge is -2.28. The normalized spacial score (nSPS) is 16.3. The van der Waals surface area contributed by atoms with Gasteiger partial charge in [-0.3, -0.25) is 4.68 Å². The highest BCUT2D eigenvalue weighted by Crippen LogP contribution is 2.39. The molecule has 3 heterocycles. The van der Waals surface area contributed by atoms with E-state index in [4.69, 9.17) is 4.52 Å². The van der Waals surface area contributed by atoms with Crippen LogP contribution >= 0.6 is 0 Å². The Bertz CT molecular complexity index is 1150. The summed E-state index contributed by atoms with van der Waals surface area (Å²) in [6.07, 6.45) is -1.98. The van der Waals surface area contributed by atoms with Crippen LogP contribution < -0.4 is 5.32 Å². The molecule has 2 aromatic heterocycles. The van der Waals surface area contributed by atoms with Crippen molar-refractivity contribution in [2.24, 2.45) is 7.05 Å². The average Bonchev–Trinajstić information content (AvgIpc) is 3.38. The molecule has 0 spiro atoms. The molecular formula is C20H19F3N6O2. The van der Waals surface area contributed by atoms with Gasteiger partial charge in [-0.15, -0.1) is 0 Å². The third-order valence-electron chi connectivity index (χ3n) is 5.59. The number of rotatable bonds is 3. The van der Waals surface area contributed by atoms with Crippen LogP contribution in [0.25, 0.3) is 11.6 Å². The Balaban J connectivity index is 1.39. The van der Waals surface area contributed by atoms with E-state index in [0.717, 1.165) is 30.2 Å². The first-order valence-electron chi connectivity index (χ1n) is 9.92. The van der Waals surface area contributed by atoms with Crippen molar-refractivity contribution in [3.63, 3.8) is 0 Å². The first-order chi connectivity index (χ1) is 14.8. The number of carbonyl (C=O) groups is 1. The monoisotopic (exact) mass is 432 g/mol. The van der Waals surface area contributed by atoms with Crippen LogP contribution in [0.1, 0.15) is 41.4 Å². The van der Waals surface area contributed by atoms with Crippen LogP contribution in [0.5, 0.6) is 0 Å². The Morgan fingerprint density at radius 3 is 2.77 bits per heavy atom. The second kappa shape index (κ2) is 7.10. The minimum Gasteiger partial charge on any atom is -0.332 e. The molecule has 1 aliphatic heterocycles. The second-order valence-electron chi connectivity index (χ2n) is 7.77. The number of amides is 2. The highest BCUT2D eigenvalue weighted by Gasteiger charge is 2.35. The lowest BCUT2D eigenvalue weighted by atomic mass is 10.1. The van der Waals surface area contributed by atoms with E-state index in [1.807, 2.05) is 0 Å². The van der Waals surface area contributed by atoms with Gasteiger partial charge in [-0.1, -0.05) is 17.3 Å². The maximum Gasteiger partial charge on any atom is 0.418 e. The fourth-order valence-electron chi connectivity index (χ4n) is 3.81. The number of anilines is 1. The molecule has 0 bridgehead atoms. The largest absolute Gasteiger partial charge is 0.418 e. The number of benzene rings is 1. The van der Waals surface area contributed by atoms with Crippen LogP contribution in [-0.2, 0) is 26.2 Å². The summed E-state index contributed by atoms with van der Waals surface area (Å²) in [7, 11) is 1.80. The smallest absolute Gasteiger partial charge is 0.332 e. The summed E-state index contributed by atoms with van der Waals surface area (Å²) in [5.41, 5.74) is 1.04. The van der Waals surface area contributed by atoms with Gasteiger partial charge in [-0.05, 0) is 25.0 Å². The van der Waals surface area contributed by atoms with Gasteiger partial charge in [-0.2, -0.15) is 23.3 Å². The summed E-state index contributed by atoms with van der Waals surface area (Å²) in [6.45, 7) is 0.531. The molecule has 31 heavy (non-hydrogen) atoms. The van der Waals surface area contributed by atoms with Gasteiger partial charge in [0.05, 0.1) is 17.8 Å². The fourth-order valence-corrected chi connectivity index (χ4v) is 3.81. The van der Waals surface area contributed by atoms with Gasteiger partial charge < -0.3 is 14.7 Å². The number of carbonyl (C=O) groups excluding carboxylic acids is 1. The predicted molar refractivity (Wildman–Crippen MR) is 103 cm³/mol. The van der Waals surface area contributed by atoms with Gasteiger partial charge in [0, 0.05) is 37.2 Å². The molecule has 1 N–H and O–H groups in total. The molecule has 5 rings (SSSR count). The van der Waals surface area contributed by atoms with Crippen molar-refractivity contribution < 1.29 is 22.5 Å². The lowest BCUT2D eigenvalue weighted by Crippen LogP contribution is -2.39. The SMILES string of the molecule is Cn1nc(-c2nc(C3CC3)no2)c2c1CCN(C(=O)Nc1ccccc1C(F)(F)F)C2. The molecule has 1 saturated carbocycles. The number of para-hydroxylation sites is 1. The van der Waals surface area contributed by atoms with Crippen molar-refractivity contribution >= 4 is 11.7 Å². The molecule has 11 heteroatoms. The molecule has 3 aromatic rings.